The third kappa shape index (κ3) is 3.00. The Morgan fingerprint density at radius 2 is 1.31 bits per heavy atom. The summed E-state index contributed by atoms with van der Waals surface area (Å²) in [6.45, 7) is 0. The number of phenolic OH excluding ortho intramolecular Hbond substituents is 2. The minimum atomic E-state index is 0.0371. The molecule has 0 saturated carbocycles. The quantitative estimate of drug-likeness (QED) is 0.324. The average molecular weight is 340 g/mol. The molecule has 0 aliphatic carbocycles. The van der Waals surface area contributed by atoms with Gasteiger partial charge in [-0.15, -0.1) is 5.10 Å². The van der Waals surface area contributed by atoms with Gasteiger partial charge < -0.3 is 10.2 Å². The van der Waals surface area contributed by atoms with E-state index in [4.69, 9.17) is 0 Å². The van der Waals surface area contributed by atoms with Gasteiger partial charge in [0.2, 0.25) is 0 Å². The lowest BCUT2D eigenvalue weighted by Gasteiger charge is -1.98. The van der Waals surface area contributed by atoms with Crippen molar-refractivity contribution in [2.24, 2.45) is 10.2 Å². The molecule has 0 aliphatic rings. The van der Waals surface area contributed by atoms with Gasteiger partial charge in [0.1, 0.15) is 16.9 Å². The molecule has 4 heteroatoms. The first-order valence-electron chi connectivity index (χ1n) is 8.22. The van der Waals surface area contributed by atoms with Crippen molar-refractivity contribution in [2.45, 2.75) is 0 Å². The zero-order valence-electron chi connectivity index (χ0n) is 13.9. The van der Waals surface area contributed by atoms with E-state index < -0.39 is 0 Å². The van der Waals surface area contributed by atoms with Crippen LogP contribution in [0.15, 0.2) is 89.1 Å². The van der Waals surface area contributed by atoms with Crippen LogP contribution < -0.4 is 5.36 Å². The minimum Gasteiger partial charge on any atom is -0.508 e. The molecule has 26 heavy (non-hydrogen) atoms. The summed E-state index contributed by atoms with van der Waals surface area (Å²) in [5.41, 5.74) is 0.405. The Bertz CT molecular complexity index is 1150. The smallest absolute Gasteiger partial charge is 0.124 e. The molecule has 126 valence electrons. The normalized spacial score (nSPS) is 11.2. The maximum atomic E-state index is 9.87. The molecular weight excluding hydrogens is 324 g/mol. The monoisotopic (exact) mass is 340 g/mol. The van der Waals surface area contributed by atoms with Gasteiger partial charge in [0, 0.05) is 16.3 Å². The van der Waals surface area contributed by atoms with Gasteiger partial charge in [0.15, 0.2) is 0 Å². The van der Waals surface area contributed by atoms with Gasteiger partial charge in [-0.3, -0.25) is 0 Å². The molecule has 0 heterocycles. The summed E-state index contributed by atoms with van der Waals surface area (Å²) in [5.74, 6) is 0.0985. The van der Waals surface area contributed by atoms with Crippen LogP contribution in [0.3, 0.4) is 0 Å². The van der Waals surface area contributed by atoms with E-state index in [-0.39, 0.29) is 11.5 Å². The third-order valence-electron chi connectivity index (χ3n) is 4.24. The molecule has 0 aliphatic heterocycles. The van der Waals surface area contributed by atoms with Gasteiger partial charge in [-0.05, 0) is 29.0 Å². The Morgan fingerprint density at radius 1 is 0.692 bits per heavy atom. The van der Waals surface area contributed by atoms with Crippen LogP contribution in [-0.4, -0.2) is 16.4 Å². The first-order chi connectivity index (χ1) is 12.7. The summed E-state index contributed by atoms with van der Waals surface area (Å²) in [7, 11) is 0. The van der Waals surface area contributed by atoms with E-state index in [2.05, 4.69) is 22.3 Å². The fourth-order valence-electron chi connectivity index (χ4n) is 2.94. The van der Waals surface area contributed by atoms with Crippen molar-refractivity contribution in [1.82, 2.24) is 0 Å². The Labute approximate surface area is 150 Å². The van der Waals surface area contributed by atoms with E-state index in [1.165, 1.54) is 24.4 Å². The molecule has 4 aromatic rings. The summed E-state index contributed by atoms with van der Waals surface area (Å²) in [4.78, 5) is 0. The third-order valence-corrected chi connectivity index (χ3v) is 4.24. The molecule has 0 atom stereocenters. The minimum absolute atomic E-state index is 0.0371. The zero-order valence-corrected chi connectivity index (χ0v) is 13.9. The highest BCUT2D eigenvalue weighted by atomic mass is 16.3. The van der Waals surface area contributed by atoms with Crippen LogP contribution in [0.1, 0.15) is 5.56 Å². The van der Waals surface area contributed by atoms with Crippen molar-refractivity contribution >= 4 is 27.8 Å². The highest BCUT2D eigenvalue weighted by Gasteiger charge is 2.01. The number of aromatic hydroxyl groups is 2. The van der Waals surface area contributed by atoms with Crippen LogP contribution in [-0.2, 0) is 0 Å². The van der Waals surface area contributed by atoms with Crippen molar-refractivity contribution < 1.29 is 10.2 Å². The van der Waals surface area contributed by atoms with E-state index >= 15 is 0 Å². The number of fused-ring (bicyclic) bond motifs is 2. The topological polar surface area (TPSA) is 65.2 Å². The van der Waals surface area contributed by atoms with Crippen molar-refractivity contribution in [1.29, 1.82) is 0 Å². The second-order valence-corrected chi connectivity index (χ2v) is 5.94. The maximum absolute atomic E-state index is 9.87. The number of benzene rings is 3. The Kier molecular flexibility index (Phi) is 4.07. The van der Waals surface area contributed by atoms with E-state index in [0.717, 1.165) is 26.9 Å². The molecule has 4 nitrogen and oxygen atoms in total. The molecule has 0 unspecified atom stereocenters. The molecule has 0 radical (unpaired) electrons. The fraction of sp³-hybridized carbons (Fsp3) is 0. The molecule has 0 saturated heterocycles. The van der Waals surface area contributed by atoms with Gasteiger partial charge >= 0.3 is 0 Å². The fourth-order valence-corrected chi connectivity index (χ4v) is 2.94. The average Bonchev–Trinajstić information content (AvgIpc) is 2.82. The van der Waals surface area contributed by atoms with Crippen LogP contribution in [0.5, 0.6) is 11.5 Å². The summed E-state index contributed by atoms with van der Waals surface area (Å²) in [6, 6.07) is 24.5. The predicted octanol–water partition coefficient (Wildman–Crippen LogP) is 4.34. The lowest BCUT2D eigenvalue weighted by atomic mass is 10.1. The van der Waals surface area contributed by atoms with Gasteiger partial charge in [-0.1, -0.05) is 60.7 Å². The molecule has 0 bridgehead atoms. The number of phenols is 2. The van der Waals surface area contributed by atoms with Gasteiger partial charge in [0.05, 0.1) is 6.21 Å². The van der Waals surface area contributed by atoms with Crippen LogP contribution >= 0.6 is 0 Å². The largest absolute Gasteiger partial charge is 0.508 e. The Balaban J connectivity index is 1.98. The van der Waals surface area contributed by atoms with Crippen molar-refractivity contribution in [3.8, 4) is 11.5 Å². The second-order valence-electron chi connectivity index (χ2n) is 5.94. The lowest BCUT2D eigenvalue weighted by molar-refractivity contribution is 0.459. The summed E-state index contributed by atoms with van der Waals surface area (Å²) in [5, 5.41) is 32.9. The maximum Gasteiger partial charge on any atom is 0.124 e. The van der Waals surface area contributed by atoms with Gasteiger partial charge in [-0.2, -0.15) is 5.10 Å². The highest BCUT2D eigenvalue weighted by Crippen LogP contribution is 2.20. The summed E-state index contributed by atoms with van der Waals surface area (Å²) < 4.78 is 0. The van der Waals surface area contributed by atoms with Crippen molar-refractivity contribution in [3.05, 3.63) is 89.8 Å². The Hall–Kier alpha value is -3.66. The molecule has 0 spiro atoms. The molecule has 4 rings (SSSR count). The first kappa shape index (κ1) is 15.8. The number of nitrogens with zero attached hydrogens (tertiary/aromatic N) is 2. The number of rotatable bonds is 2. The first-order valence-corrected chi connectivity index (χ1v) is 8.22. The van der Waals surface area contributed by atoms with Crippen LogP contribution in [0, 0.1) is 0 Å². The van der Waals surface area contributed by atoms with E-state index in [0.29, 0.717) is 5.56 Å². The number of hydrogen-bond acceptors (Lipinski definition) is 4. The van der Waals surface area contributed by atoms with E-state index in [1.807, 2.05) is 48.5 Å². The number of hydrogen-bond donors (Lipinski definition) is 2. The van der Waals surface area contributed by atoms with Gasteiger partial charge in [0.25, 0.3) is 0 Å². The lowest BCUT2D eigenvalue weighted by Crippen LogP contribution is -2.01. The Morgan fingerprint density at radius 3 is 1.96 bits per heavy atom. The van der Waals surface area contributed by atoms with Crippen LogP contribution in [0.2, 0.25) is 0 Å². The molecule has 0 fully saturated rings. The molecule has 0 amide bonds. The standard InChI is InChI=1S/C22H16N2O2/c25-18-11-12-21(26)17(13-18)14-23-24-22-19-7-3-1-5-15(19)9-10-16-6-2-4-8-20(16)22/h1-14,25-26H/b23-14+. The highest BCUT2D eigenvalue weighted by molar-refractivity contribution is 5.93. The SMILES string of the molecule is Oc1ccc(O)c(/C=N/N=c2c3ccccc3ccc3ccccc23)c1. The molecule has 4 aromatic carbocycles. The van der Waals surface area contributed by atoms with E-state index in [9.17, 15) is 10.2 Å². The molecule has 0 aromatic heterocycles. The predicted molar refractivity (Wildman–Crippen MR) is 104 cm³/mol. The van der Waals surface area contributed by atoms with Crippen molar-refractivity contribution in [3.63, 3.8) is 0 Å². The van der Waals surface area contributed by atoms with Gasteiger partial charge in [-0.25, -0.2) is 0 Å². The molecular formula is C22H16N2O2. The van der Waals surface area contributed by atoms with Crippen LogP contribution in [0.4, 0.5) is 0 Å². The second kappa shape index (κ2) is 6.69. The van der Waals surface area contributed by atoms with Crippen LogP contribution in [0.25, 0.3) is 21.5 Å². The summed E-state index contributed by atoms with van der Waals surface area (Å²) >= 11 is 0. The zero-order chi connectivity index (χ0) is 17.9. The summed E-state index contributed by atoms with van der Waals surface area (Å²) in [6.07, 6.45) is 1.44. The van der Waals surface area contributed by atoms with E-state index in [1.54, 1.807) is 0 Å². The molecule has 2 N–H and O–H groups in total. The van der Waals surface area contributed by atoms with Crippen molar-refractivity contribution in [2.75, 3.05) is 0 Å².